The molecule has 1 aromatic carbocycles. The highest BCUT2D eigenvalue weighted by Gasteiger charge is 2.30. The Morgan fingerprint density at radius 1 is 1.45 bits per heavy atom. The van der Waals surface area contributed by atoms with Crippen molar-refractivity contribution in [1.29, 1.82) is 0 Å². The molecule has 1 aliphatic rings. The van der Waals surface area contributed by atoms with E-state index in [0.717, 1.165) is 11.3 Å². The second kappa shape index (κ2) is 6.24. The maximum absolute atomic E-state index is 12.2. The van der Waals surface area contributed by atoms with Gasteiger partial charge in [0.25, 0.3) is 5.91 Å². The quantitative estimate of drug-likeness (QED) is 0.625. The van der Waals surface area contributed by atoms with E-state index in [1.165, 1.54) is 11.8 Å². The Kier molecular flexibility index (Phi) is 4.33. The van der Waals surface area contributed by atoms with Crippen molar-refractivity contribution >= 4 is 51.9 Å². The highest BCUT2D eigenvalue weighted by atomic mass is 35.5. The normalized spacial score (nSPS) is 16.8. The molecule has 4 nitrogen and oxygen atoms in total. The molecule has 0 N–H and O–H groups in total. The van der Waals surface area contributed by atoms with Crippen molar-refractivity contribution in [2.45, 2.75) is 6.92 Å². The Morgan fingerprint density at radius 2 is 2.27 bits per heavy atom. The molecule has 1 saturated heterocycles. The summed E-state index contributed by atoms with van der Waals surface area (Å²) in [7, 11) is 0. The molecule has 0 spiro atoms. The van der Waals surface area contributed by atoms with Crippen molar-refractivity contribution in [2.24, 2.45) is 0 Å². The van der Waals surface area contributed by atoms with Crippen LogP contribution in [0.1, 0.15) is 12.5 Å². The fraction of sp³-hybridized carbons (Fsp3) is 0.133. The van der Waals surface area contributed by atoms with Gasteiger partial charge in [-0.3, -0.25) is 9.69 Å². The average Bonchev–Trinajstić information content (AvgIpc) is 3.05. The fourth-order valence-electron chi connectivity index (χ4n) is 2.10. The molecule has 0 unspecified atom stereocenters. The number of amides is 1. The SMILES string of the molecule is CCN1C(=O)/C(=C/c2cnn(-c3cccc(Cl)c3)c2)SC1=S. The minimum atomic E-state index is -0.0481. The van der Waals surface area contributed by atoms with Gasteiger partial charge in [-0.05, 0) is 31.2 Å². The van der Waals surface area contributed by atoms with Crippen LogP contribution < -0.4 is 0 Å². The zero-order chi connectivity index (χ0) is 15.7. The number of rotatable bonds is 3. The van der Waals surface area contributed by atoms with Crippen LogP contribution in [0.4, 0.5) is 0 Å². The molecule has 0 aliphatic carbocycles. The second-order valence-corrected chi connectivity index (χ2v) is 6.74. The number of carbonyl (C=O) groups excluding carboxylic acids is 1. The summed E-state index contributed by atoms with van der Waals surface area (Å²) in [4.78, 5) is 14.4. The van der Waals surface area contributed by atoms with Gasteiger partial charge < -0.3 is 0 Å². The Balaban J connectivity index is 1.88. The number of benzene rings is 1. The van der Waals surface area contributed by atoms with Crippen molar-refractivity contribution in [1.82, 2.24) is 14.7 Å². The maximum atomic E-state index is 12.2. The molecule has 1 amide bonds. The van der Waals surface area contributed by atoms with Crippen LogP contribution in [0.3, 0.4) is 0 Å². The summed E-state index contributed by atoms with van der Waals surface area (Å²) >= 11 is 12.5. The number of carbonyl (C=O) groups is 1. The molecular weight excluding hydrogens is 338 g/mol. The zero-order valence-corrected chi connectivity index (χ0v) is 14.1. The fourth-order valence-corrected chi connectivity index (χ4v) is 3.66. The molecule has 1 fully saturated rings. The summed E-state index contributed by atoms with van der Waals surface area (Å²) in [5, 5.41) is 4.95. The highest BCUT2D eigenvalue weighted by molar-refractivity contribution is 8.26. The molecule has 0 radical (unpaired) electrons. The van der Waals surface area contributed by atoms with Crippen LogP contribution in [0.25, 0.3) is 11.8 Å². The van der Waals surface area contributed by atoms with E-state index in [-0.39, 0.29) is 5.91 Å². The van der Waals surface area contributed by atoms with Gasteiger partial charge in [0.1, 0.15) is 4.32 Å². The van der Waals surface area contributed by atoms with Crippen LogP contribution in [-0.2, 0) is 4.79 Å². The van der Waals surface area contributed by atoms with Crippen LogP contribution in [-0.4, -0.2) is 31.5 Å². The van der Waals surface area contributed by atoms with E-state index in [1.54, 1.807) is 15.8 Å². The lowest BCUT2D eigenvalue weighted by Gasteiger charge is -2.09. The number of halogens is 1. The Labute approximate surface area is 142 Å². The molecule has 1 aliphatic heterocycles. The van der Waals surface area contributed by atoms with Crippen LogP contribution in [0.2, 0.25) is 5.02 Å². The molecule has 112 valence electrons. The Morgan fingerprint density at radius 3 is 2.95 bits per heavy atom. The zero-order valence-electron chi connectivity index (χ0n) is 11.7. The molecule has 7 heteroatoms. The Bertz CT molecular complexity index is 785. The van der Waals surface area contributed by atoms with Crippen LogP contribution in [0.15, 0.2) is 41.6 Å². The molecular formula is C15H12ClN3OS2. The van der Waals surface area contributed by atoms with Crippen LogP contribution in [0.5, 0.6) is 0 Å². The van der Waals surface area contributed by atoms with E-state index in [9.17, 15) is 4.79 Å². The van der Waals surface area contributed by atoms with E-state index in [0.29, 0.717) is 20.8 Å². The molecule has 0 saturated carbocycles. The summed E-state index contributed by atoms with van der Waals surface area (Å²) in [6.45, 7) is 2.49. The smallest absolute Gasteiger partial charge is 0.266 e. The third kappa shape index (κ3) is 2.95. The summed E-state index contributed by atoms with van der Waals surface area (Å²) in [6, 6.07) is 7.42. The second-order valence-electron chi connectivity index (χ2n) is 4.62. The monoisotopic (exact) mass is 349 g/mol. The van der Waals surface area contributed by atoms with Gasteiger partial charge in [-0.1, -0.05) is 41.6 Å². The largest absolute Gasteiger partial charge is 0.293 e. The number of nitrogens with zero attached hydrogens (tertiary/aromatic N) is 3. The minimum Gasteiger partial charge on any atom is -0.293 e. The molecule has 0 atom stereocenters. The summed E-state index contributed by atoms with van der Waals surface area (Å²) in [5.41, 5.74) is 1.71. The lowest BCUT2D eigenvalue weighted by Crippen LogP contribution is -2.27. The van der Waals surface area contributed by atoms with Crippen molar-refractivity contribution in [3.05, 3.63) is 52.2 Å². The molecule has 3 rings (SSSR count). The first kappa shape index (κ1) is 15.3. The first-order valence-corrected chi connectivity index (χ1v) is 8.24. The van der Waals surface area contributed by atoms with Gasteiger partial charge in [0.15, 0.2) is 0 Å². The number of thiocarbonyl (C=S) groups is 1. The molecule has 22 heavy (non-hydrogen) atoms. The van der Waals surface area contributed by atoms with Gasteiger partial charge in [0, 0.05) is 23.3 Å². The van der Waals surface area contributed by atoms with Crippen LogP contribution >= 0.6 is 35.6 Å². The first-order valence-electron chi connectivity index (χ1n) is 6.64. The lowest BCUT2D eigenvalue weighted by molar-refractivity contribution is -0.121. The number of hydrogen-bond acceptors (Lipinski definition) is 4. The molecule has 1 aromatic heterocycles. The van der Waals surface area contributed by atoms with Gasteiger partial charge in [-0.15, -0.1) is 0 Å². The Hall–Kier alpha value is -1.63. The predicted octanol–water partition coefficient (Wildman–Crippen LogP) is 3.75. The summed E-state index contributed by atoms with van der Waals surface area (Å²) < 4.78 is 2.32. The first-order chi connectivity index (χ1) is 10.6. The maximum Gasteiger partial charge on any atom is 0.266 e. The topological polar surface area (TPSA) is 38.1 Å². The van der Waals surface area contributed by atoms with Gasteiger partial charge >= 0.3 is 0 Å². The number of likely N-dealkylation sites (N-methyl/N-ethyl adjacent to an activating group) is 1. The third-order valence-corrected chi connectivity index (χ3v) is 4.78. The average molecular weight is 350 g/mol. The van der Waals surface area contributed by atoms with Gasteiger partial charge in [-0.2, -0.15) is 5.10 Å². The summed E-state index contributed by atoms with van der Waals surface area (Å²) in [5.74, 6) is -0.0481. The standard InChI is InChI=1S/C15H12ClN3OS2/c1-2-18-14(20)13(22-15(18)21)6-10-8-17-19(9-10)12-5-3-4-11(16)7-12/h3-9H,2H2,1H3/b13-6-. The van der Waals surface area contributed by atoms with Gasteiger partial charge in [0.2, 0.25) is 0 Å². The van der Waals surface area contributed by atoms with Crippen molar-refractivity contribution in [2.75, 3.05) is 6.54 Å². The van der Waals surface area contributed by atoms with E-state index in [1.807, 2.05) is 43.5 Å². The molecule has 0 bridgehead atoms. The molecule has 2 heterocycles. The van der Waals surface area contributed by atoms with Gasteiger partial charge in [-0.25, -0.2) is 4.68 Å². The number of thioether (sulfide) groups is 1. The van der Waals surface area contributed by atoms with Crippen molar-refractivity contribution in [3.8, 4) is 5.69 Å². The highest BCUT2D eigenvalue weighted by Crippen LogP contribution is 2.32. The van der Waals surface area contributed by atoms with Crippen LogP contribution in [0, 0.1) is 0 Å². The van der Waals surface area contributed by atoms with E-state index >= 15 is 0 Å². The van der Waals surface area contributed by atoms with E-state index in [4.69, 9.17) is 23.8 Å². The minimum absolute atomic E-state index is 0.0481. The van der Waals surface area contributed by atoms with Gasteiger partial charge in [0.05, 0.1) is 16.8 Å². The molecule has 2 aromatic rings. The number of aromatic nitrogens is 2. The summed E-state index contributed by atoms with van der Waals surface area (Å²) in [6.07, 6.45) is 5.37. The van der Waals surface area contributed by atoms with Crippen molar-refractivity contribution < 1.29 is 4.79 Å². The predicted molar refractivity (Wildman–Crippen MR) is 94.1 cm³/mol. The van der Waals surface area contributed by atoms with E-state index in [2.05, 4.69) is 5.10 Å². The lowest BCUT2D eigenvalue weighted by atomic mass is 10.3. The van der Waals surface area contributed by atoms with Crippen molar-refractivity contribution in [3.63, 3.8) is 0 Å². The third-order valence-electron chi connectivity index (χ3n) is 3.16. The number of hydrogen-bond donors (Lipinski definition) is 0. The van der Waals surface area contributed by atoms with E-state index < -0.39 is 0 Å².